The molecule has 1 fully saturated rings. The van der Waals surface area contributed by atoms with Crippen molar-refractivity contribution in [1.29, 1.82) is 0 Å². The molecule has 1 saturated heterocycles. The first-order valence-electron chi connectivity index (χ1n) is 7.27. The minimum absolute atomic E-state index is 0. The number of fused-ring (bicyclic) bond motifs is 1. The molecule has 2 atom stereocenters. The minimum Gasteiger partial charge on any atom is -0.345 e. The summed E-state index contributed by atoms with van der Waals surface area (Å²) in [7, 11) is 0. The van der Waals surface area contributed by atoms with Gasteiger partial charge in [0.1, 0.15) is 5.82 Å². The van der Waals surface area contributed by atoms with Crippen LogP contribution in [0.3, 0.4) is 0 Å². The van der Waals surface area contributed by atoms with Crippen LogP contribution in [0.25, 0.3) is 11.0 Å². The average molecular weight is 377 g/mol. The SMILES string of the molecule is CCn1c(C(C)NC(=O)C2CSCN2)nc2ccccc21.Cl.Cl. The summed E-state index contributed by atoms with van der Waals surface area (Å²) >= 11 is 1.75. The fourth-order valence-corrected chi connectivity index (χ4v) is 3.64. The second kappa shape index (κ2) is 8.78. The van der Waals surface area contributed by atoms with Crippen molar-refractivity contribution >= 4 is 53.5 Å². The molecule has 1 aliphatic rings. The zero-order valence-electron chi connectivity index (χ0n) is 13.1. The van der Waals surface area contributed by atoms with Crippen molar-refractivity contribution < 1.29 is 4.79 Å². The number of halogens is 2. The lowest BCUT2D eigenvalue weighted by Crippen LogP contribution is -2.43. The second-order valence-electron chi connectivity index (χ2n) is 5.21. The molecule has 2 unspecified atom stereocenters. The number of carbonyl (C=O) groups is 1. The molecule has 0 saturated carbocycles. The number of hydrogen-bond acceptors (Lipinski definition) is 4. The smallest absolute Gasteiger partial charge is 0.238 e. The van der Waals surface area contributed by atoms with Gasteiger partial charge < -0.3 is 9.88 Å². The number of rotatable bonds is 4. The molecular formula is C15H22Cl2N4OS. The molecule has 23 heavy (non-hydrogen) atoms. The first-order valence-corrected chi connectivity index (χ1v) is 8.43. The predicted molar refractivity (Wildman–Crippen MR) is 101 cm³/mol. The highest BCUT2D eigenvalue weighted by Gasteiger charge is 2.25. The van der Waals surface area contributed by atoms with Gasteiger partial charge in [0.15, 0.2) is 0 Å². The molecule has 0 aliphatic carbocycles. The fourth-order valence-electron chi connectivity index (χ4n) is 2.70. The molecule has 128 valence electrons. The fraction of sp³-hybridized carbons (Fsp3) is 0.467. The van der Waals surface area contributed by atoms with Gasteiger partial charge in [-0.15, -0.1) is 36.6 Å². The van der Waals surface area contributed by atoms with Crippen LogP contribution in [0.15, 0.2) is 24.3 Å². The maximum absolute atomic E-state index is 12.2. The highest BCUT2D eigenvalue weighted by atomic mass is 35.5. The number of aromatic nitrogens is 2. The van der Waals surface area contributed by atoms with Crippen LogP contribution in [-0.4, -0.2) is 33.1 Å². The van der Waals surface area contributed by atoms with Crippen LogP contribution in [0.1, 0.15) is 25.7 Å². The van der Waals surface area contributed by atoms with Gasteiger partial charge in [-0.25, -0.2) is 4.98 Å². The van der Waals surface area contributed by atoms with Crippen molar-refractivity contribution in [2.24, 2.45) is 0 Å². The minimum atomic E-state index is -0.0998. The number of amides is 1. The van der Waals surface area contributed by atoms with E-state index in [4.69, 9.17) is 0 Å². The normalized spacial score (nSPS) is 18.1. The number of aryl methyl sites for hydroxylation is 1. The van der Waals surface area contributed by atoms with Gasteiger partial charge in [-0.1, -0.05) is 12.1 Å². The lowest BCUT2D eigenvalue weighted by Gasteiger charge is -2.17. The first-order chi connectivity index (χ1) is 10.2. The number of benzene rings is 1. The number of hydrogen-bond donors (Lipinski definition) is 2. The Hall–Kier alpha value is -0.950. The summed E-state index contributed by atoms with van der Waals surface area (Å²) in [6, 6.07) is 7.90. The van der Waals surface area contributed by atoms with E-state index in [0.29, 0.717) is 0 Å². The average Bonchev–Trinajstić information content (AvgIpc) is 3.14. The third-order valence-corrected chi connectivity index (χ3v) is 4.72. The van der Waals surface area contributed by atoms with Crippen molar-refractivity contribution in [3.63, 3.8) is 0 Å². The van der Waals surface area contributed by atoms with Gasteiger partial charge in [0.05, 0.1) is 23.1 Å². The van der Waals surface area contributed by atoms with Crippen molar-refractivity contribution in [1.82, 2.24) is 20.2 Å². The van der Waals surface area contributed by atoms with Crippen molar-refractivity contribution in [3.8, 4) is 0 Å². The van der Waals surface area contributed by atoms with Crippen molar-refractivity contribution in [2.75, 3.05) is 11.6 Å². The standard InChI is InChI=1S/C15H20N4OS.2ClH/c1-3-19-13-7-5-4-6-11(13)18-14(19)10(2)17-15(20)12-8-21-9-16-12;;/h4-7,10,12,16H,3,8-9H2,1-2H3,(H,17,20);2*1H. The quantitative estimate of drug-likeness (QED) is 0.860. The molecule has 8 heteroatoms. The third-order valence-electron chi connectivity index (χ3n) is 3.78. The summed E-state index contributed by atoms with van der Waals surface area (Å²) in [5, 5.41) is 6.27. The maximum Gasteiger partial charge on any atom is 0.238 e. The van der Waals surface area contributed by atoms with Gasteiger partial charge in [0, 0.05) is 18.2 Å². The van der Waals surface area contributed by atoms with E-state index in [1.165, 1.54) is 0 Å². The summed E-state index contributed by atoms with van der Waals surface area (Å²) in [5.41, 5.74) is 2.09. The summed E-state index contributed by atoms with van der Waals surface area (Å²) in [4.78, 5) is 16.9. The van der Waals surface area contributed by atoms with E-state index < -0.39 is 0 Å². The Balaban J connectivity index is 0.00000132. The summed E-state index contributed by atoms with van der Waals surface area (Å²) in [6.07, 6.45) is 0. The molecule has 0 radical (unpaired) electrons. The topological polar surface area (TPSA) is 59.0 Å². The number of para-hydroxylation sites is 2. The van der Waals surface area contributed by atoms with Gasteiger partial charge in [0.25, 0.3) is 0 Å². The highest BCUT2D eigenvalue weighted by molar-refractivity contribution is 7.99. The van der Waals surface area contributed by atoms with E-state index in [-0.39, 0.29) is 42.8 Å². The zero-order chi connectivity index (χ0) is 14.8. The van der Waals surface area contributed by atoms with Crippen LogP contribution in [0, 0.1) is 0 Å². The Morgan fingerprint density at radius 1 is 1.48 bits per heavy atom. The van der Waals surface area contributed by atoms with Crippen LogP contribution in [0.5, 0.6) is 0 Å². The van der Waals surface area contributed by atoms with Crippen LogP contribution in [0.2, 0.25) is 0 Å². The molecule has 2 heterocycles. The molecule has 1 aromatic carbocycles. The van der Waals surface area contributed by atoms with Crippen molar-refractivity contribution in [2.45, 2.75) is 32.5 Å². The monoisotopic (exact) mass is 376 g/mol. The third kappa shape index (κ3) is 4.12. The van der Waals surface area contributed by atoms with E-state index >= 15 is 0 Å². The molecule has 0 spiro atoms. The Morgan fingerprint density at radius 2 is 2.22 bits per heavy atom. The Kier molecular flexibility index (Phi) is 7.67. The predicted octanol–water partition coefficient (Wildman–Crippen LogP) is 2.74. The number of nitrogens with zero attached hydrogens (tertiary/aromatic N) is 2. The van der Waals surface area contributed by atoms with E-state index in [1.54, 1.807) is 11.8 Å². The largest absolute Gasteiger partial charge is 0.345 e. The van der Waals surface area contributed by atoms with Crippen LogP contribution in [-0.2, 0) is 11.3 Å². The number of imidazole rings is 1. The Bertz CT molecular complexity index is 658. The summed E-state index contributed by atoms with van der Waals surface area (Å²) in [5.74, 6) is 2.66. The summed E-state index contributed by atoms with van der Waals surface area (Å²) in [6.45, 7) is 4.93. The van der Waals surface area contributed by atoms with Crippen LogP contribution in [0.4, 0.5) is 0 Å². The number of thioether (sulfide) groups is 1. The molecule has 1 aromatic heterocycles. The first kappa shape index (κ1) is 20.1. The number of nitrogens with one attached hydrogen (secondary N) is 2. The molecule has 1 aliphatic heterocycles. The lowest BCUT2D eigenvalue weighted by molar-refractivity contribution is -0.123. The summed E-state index contributed by atoms with van der Waals surface area (Å²) < 4.78 is 2.16. The highest BCUT2D eigenvalue weighted by Crippen LogP contribution is 2.21. The Labute approximate surface area is 152 Å². The molecule has 2 N–H and O–H groups in total. The van der Waals surface area contributed by atoms with Crippen LogP contribution >= 0.6 is 36.6 Å². The van der Waals surface area contributed by atoms with Gasteiger partial charge in [-0.05, 0) is 26.0 Å². The van der Waals surface area contributed by atoms with Gasteiger partial charge >= 0.3 is 0 Å². The van der Waals surface area contributed by atoms with E-state index in [9.17, 15) is 4.79 Å². The molecule has 3 rings (SSSR count). The van der Waals surface area contributed by atoms with E-state index in [1.807, 2.05) is 25.1 Å². The Morgan fingerprint density at radius 3 is 2.87 bits per heavy atom. The molecule has 5 nitrogen and oxygen atoms in total. The van der Waals surface area contributed by atoms with Crippen LogP contribution < -0.4 is 10.6 Å². The van der Waals surface area contributed by atoms with Gasteiger partial charge in [-0.2, -0.15) is 0 Å². The molecule has 2 aromatic rings. The van der Waals surface area contributed by atoms with E-state index in [0.717, 1.165) is 35.0 Å². The van der Waals surface area contributed by atoms with Gasteiger partial charge in [-0.3, -0.25) is 10.1 Å². The molecule has 1 amide bonds. The molecular weight excluding hydrogens is 355 g/mol. The lowest BCUT2D eigenvalue weighted by atomic mass is 10.2. The zero-order valence-corrected chi connectivity index (χ0v) is 15.6. The van der Waals surface area contributed by atoms with Crippen molar-refractivity contribution in [3.05, 3.63) is 30.1 Å². The van der Waals surface area contributed by atoms with Gasteiger partial charge in [0.2, 0.25) is 5.91 Å². The second-order valence-corrected chi connectivity index (χ2v) is 6.24. The molecule has 0 bridgehead atoms. The maximum atomic E-state index is 12.2. The van der Waals surface area contributed by atoms with E-state index in [2.05, 4.69) is 33.2 Å². The number of carbonyl (C=O) groups excluding carboxylic acids is 1.